The fraction of sp³-hybridized carbons (Fsp3) is 0.412. The molecule has 2 aliphatic rings. The van der Waals surface area contributed by atoms with Gasteiger partial charge in [-0.15, -0.1) is 0 Å². The molecule has 2 fully saturated rings. The first-order valence-corrected chi connectivity index (χ1v) is 9.19. The average molecular weight is 457 g/mol. The van der Waals surface area contributed by atoms with E-state index in [4.69, 9.17) is 0 Å². The quantitative estimate of drug-likeness (QED) is 0.568. The number of benzene rings is 1. The third-order valence-corrected chi connectivity index (χ3v) is 5.80. The molecule has 1 aromatic heterocycles. The molecule has 1 N–H and O–H groups in total. The Balaban J connectivity index is 1.90. The summed E-state index contributed by atoms with van der Waals surface area (Å²) in [5.74, 6) is -1.75. The molecule has 2 heterocycles. The van der Waals surface area contributed by atoms with Crippen LogP contribution in [0.25, 0.3) is 10.9 Å². The van der Waals surface area contributed by atoms with Crippen molar-refractivity contribution in [3.05, 3.63) is 39.9 Å². The van der Waals surface area contributed by atoms with E-state index in [9.17, 15) is 19.1 Å². The molecule has 132 valence electrons. The van der Waals surface area contributed by atoms with Gasteiger partial charge >= 0.3 is 5.97 Å². The van der Waals surface area contributed by atoms with Crippen LogP contribution in [0.3, 0.4) is 0 Å². The molecule has 0 atom stereocenters. The summed E-state index contributed by atoms with van der Waals surface area (Å²) in [6, 6.07) is 3.10. The Kier molecular flexibility index (Phi) is 4.19. The van der Waals surface area contributed by atoms with E-state index in [0.717, 1.165) is 25.9 Å². The van der Waals surface area contributed by atoms with Crippen molar-refractivity contribution in [3.8, 4) is 0 Å². The van der Waals surface area contributed by atoms with Crippen LogP contribution < -0.4 is 10.3 Å². The van der Waals surface area contributed by atoms with Crippen LogP contribution in [0.15, 0.2) is 23.1 Å². The number of aromatic carboxylic acids is 1. The molecule has 1 saturated heterocycles. The maximum atomic E-state index is 14.7. The van der Waals surface area contributed by atoms with E-state index in [0.29, 0.717) is 24.3 Å². The van der Waals surface area contributed by atoms with Crippen LogP contribution in [-0.2, 0) is 0 Å². The van der Waals surface area contributed by atoms with Crippen LogP contribution in [0.2, 0.25) is 0 Å². The fourth-order valence-corrected chi connectivity index (χ4v) is 3.76. The number of rotatable bonds is 3. The number of pyridine rings is 1. The summed E-state index contributed by atoms with van der Waals surface area (Å²) in [5, 5.41) is 9.42. The van der Waals surface area contributed by atoms with Gasteiger partial charge in [0.1, 0.15) is 11.4 Å². The van der Waals surface area contributed by atoms with Crippen molar-refractivity contribution in [2.75, 3.05) is 31.1 Å². The summed E-state index contributed by atoms with van der Waals surface area (Å²) in [4.78, 5) is 25.8. The Hall–Kier alpha value is -1.68. The highest BCUT2D eigenvalue weighted by Gasteiger charge is 2.28. The highest BCUT2D eigenvalue weighted by Crippen LogP contribution is 2.38. The topological polar surface area (TPSA) is 65.8 Å². The maximum absolute atomic E-state index is 14.7. The van der Waals surface area contributed by atoms with Gasteiger partial charge in [-0.2, -0.15) is 0 Å². The molecule has 0 spiro atoms. The van der Waals surface area contributed by atoms with E-state index in [2.05, 4.69) is 26.0 Å². The van der Waals surface area contributed by atoms with Gasteiger partial charge in [0, 0.05) is 66.7 Å². The third kappa shape index (κ3) is 3.01. The lowest BCUT2D eigenvalue weighted by Crippen LogP contribution is -2.42. The monoisotopic (exact) mass is 457 g/mol. The van der Waals surface area contributed by atoms with Crippen LogP contribution in [0, 0.1) is 5.82 Å². The molecule has 1 aliphatic carbocycles. The molecule has 8 heteroatoms. The Bertz CT molecular complexity index is 917. The van der Waals surface area contributed by atoms with E-state index in [1.807, 2.05) is 9.47 Å². The van der Waals surface area contributed by atoms with Gasteiger partial charge < -0.3 is 14.6 Å². The Morgan fingerprint density at radius 1 is 1.20 bits per heavy atom. The van der Waals surface area contributed by atoms with Gasteiger partial charge in [0.25, 0.3) is 0 Å². The lowest BCUT2D eigenvalue weighted by Gasteiger charge is -2.33. The Labute approximate surface area is 157 Å². The minimum absolute atomic E-state index is 0.139. The number of piperazine rings is 1. The molecule has 0 unspecified atom stereocenters. The van der Waals surface area contributed by atoms with Gasteiger partial charge in [-0.05, 0) is 25.0 Å². The summed E-state index contributed by atoms with van der Waals surface area (Å²) in [6.07, 6.45) is 3.30. The normalized spacial score (nSPS) is 18.7. The predicted molar refractivity (Wildman–Crippen MR) is 101 cm³/mol. The number of aromatic nitrogens is 1. The van der Waals surface area contributed by atoms with E-state index >= 15 is 0 Å². The van der Waals surface area contributed by atoms with Gasteiger partial charge in [-0.1, -0.05) is 0 Å². The van der Waals surface area contributed by atoms with Gasteiger partial charge in [-0.25, -0.2) is 12.3 Å². The van der Waals surface area contributed by atoms with Crippen molar-refractivity contribution in [2.45, 2.75) is 18.9 Å². The Morgan fingerprint density at radius 3 is 2.48 bits per heavy atom. The maximum Gasteiger partial charge on any atom is 0.341 e. The molecule has 6 nitrogen and oxygen atoms in total. The summed E-state index contributed by atoms with van der Waals surface area (Å²) >= 11 is 2.26. The number of carbonyl (C=O) groups is 1. The van der Waals surface area contributed by atoms with E-state index < -0.39 is 17.2 Å². The van der Waals surface area contributed by atoms with Gasteiger partial charge in [0.05, 0.1) is 11.2 Å². The summed E-state index contributed by atoms with van der Waals surface area (Å²) in [6.45, 7) is 3.11. The first kappa shape index (κ1) is 16.8. The molecule has 0 amide bonds. The average Bonchev–Trinajstić information content (AvgIpc) is 3.41. The fourth-order valence-electron chi connectivity index (χ4n) is 3.33. The molecule has 1 saturated carbocycles. The molecule has 1 aliphatic heterocycles. The smallest absolute Gasteiger partial charge is 0.341 e. The van der Waals surface area contributed by atoms with Crippen LogP contribution in [-0.4, -0.2) is 44.9 Å². The van der Waals surface area contributed by atoms with Crippen molar-refractivity contribution < 1.29 is 14.3 Å². The number of anilines is 1. The van der Waals surface area contributed by atoms with E-state index in [1.165, 1.54) is 12.3 Å². The third-order valence-electron chi connectivity index (χ3n) is 4.84. The van der Waals surface area contributed by atoms with Crippen molar-refractivity contribution in [2.24, 2.45) is 0 Å². The second kappa shape index (κ2) is 6.24. The summed E-state index contributed by atoms with van der Waals surface area (Å²) < 4.78 is 18.7. The van der Waals surface area contributed by atoms with Gasteiger partial charge in [0.2, 0.25) is 5.43 Å². The molecule has 4 rings (SSSR count). The van der Waals surface area contributed by atoms with Crippen molar-refractivity contribution >= 4 is 45.4 Å². The predicted octanol–water partition coefficient (Wildman–Crippen LogP) is 2.65. The van der Waals surface area contributed by atoms with Crippen molar-refractivity contribution in [1.29, 1.82) is 0 Å². The number of nitrogens with zero attached hydrogens (tertiary/aromatic N) is 3. The largest absolute Gasteiger partial charge is 0.477 e. The number of carboxylic acids is 1. The Morgan fingerprint density at radius 2 is 1.88 bits per heavy atom. The van der Waals surface area contributed by atoms with Crippen LogP contribution in [0.4, 0.5) is 10.1 Å². The minimum Gasteiger partial charge on any atom is -0.477 e. The number of hydrogen-bond donors (Lipinski definition) is 1. The standard InChI is InChI=1S/C17H17FIN3O3/c18-13-7-11-14(8-15(13)20-3-5-21(19)6-4-20)22(10-1-2-10)9-12(16(11)23)17(24)25/h7-10H,1-6H2,(H,24,25). The number of fused-ring (bicyclic) bond motifs is 1. The molecular formula is C17H17FIN3O3. The van der Waals surface area contributed by atoms with E-state index in [-0.39, 0.29) is 17.0 Å². The second-order valence-electron chi connectivity index (χ2n) is 6.53. The summed E-state index contributed by atoms with van der Waals surface area (Å²) in [5.41, 5.74) is 0.173. The summed E-state index contributed by atoms with van der Waals surface area (Å²) in [7, 11) is 0. The lowest BCUT2D eigenvalue weighted by atomic mass is 10.1. The molecule has 0 radical (unpaired) electrons. The van der Waals surface area contributed by atoms with Crippen molar-refractivity contribution in [1.82, 2.24) is 7.68 Å². The number of carboxylic acid groups (broad SMARTS) is 1. The second-order valence-corrected chi connectivity index (χ2v) is 7.90. The zero-order valence-corrected chi connectivity index (χ0v) is 15.6. The highest BCUT2D eigenvalue weighted by atomic mass is 127. The SMILES string of the molecule is O=C(O)c1cn(C2CC2)c2cc(N3CCN(I)CC3)c(F)cc2c1=O. The lowest BCUT2D eigenvalue weighted by molar-refractivity contribution is 0.0695. The first-order valence-electron chi connectivity index (χ1n) is 8.23. The molecule has 25 heavy (non-hydrogen) atoms. The van der Waals surface area contributed by atoms with Gasteiger partial charge in [-0.3, -0.25) is 4.79 Å². The molecule has 0 bridgehead atoms. The zero-order valence-electron chi connectivity index (χ0n) is 13.4. The van der Waals surface area contributed by atoms with Crippen molar-refractivity contribution in [3.63, 3.8) is 0 Å². The van der Waals surface area contributed by atoms with Crippen LogP contribution in [0.5, 0.6) is 0 Å². The molecule has 1 aromatic carbocycles. The van der Waals surface area contributed by atoms with Crippen LogP contribution >= 0.6 is 22.9 Å². The molecular weight excluding hydrogens is 440 g/mol. The highest BCUT2D eigenvalue weighted by molar-refractivity contribution is 14.1. The number of halogens is 2. The van der Waals surface area contributed by atoms with E-state index in [1.54, 1.807) is 6.07 Å². The zero-order chi connectivity index (χ0) is 17.7. The van der Waals surface area contributed by atoms with Gasteiger partial charge in [0.15, 0.2) is 0 Å². The molecule has 2 aromatic rings. The first-order chi connectivity index (χ1) is 12.0. The minimum atomic E-state index is -1.27. The number of hydrogen-bond acceptors (Lipinski definition) is 4. The van der Waals surface area contributed by atoms with Crippen LogP contribution in [0.1, 0.15) is 29.2 Å².